The van der Waals surface area contributed by atoms with Crippen molar-refractivity contribution in [2.24, 2.45) is 0 Å². The van der Waals surface area contributed by atoms with Crippen LogP contribution in [0.15, 0.2) is 0 Å². The molecule has 0 aromatic rings. The standard InChI is InChI=1S/C9H12F3NO6S/c1-8(5-19-8)4-18-7(15)3-2-6(14)13-20(16,17)9(10,11)12/h2-5H2,1H3,(H,13,14). The predicted octanol–water partition coefficient (Wildman–Crippen LogP) is 0.0645. The molecular weight excluding hydrogens is 307 g/mol. The summed E-state index contributed by atoms with van der Waals surface area (Å²) in [5.41, 5.74) is -6.13. The maximum absolute atomic E-state index is 11.9. The molecule has 1 saturated heterocycles. The van der Waals surface area contributed by atoms with Crippen LogP contribution in [-0.2, 0) is 29.1 Å². The highest BCUT2D eigenvalue weighted by Crippen LogP contribution is 2.26. The normalized spacial score (nSPS) is 22.2. The number of sulfonamides is 1. The van der Waals surface area contributed by atoms with Gasteiger partial charge in [0.25, 0.3) is 0 Å². The number of rotatable bonds is 6. The number of hydrogen-bond acceptors (Lipinski definition) is 6. The highest BCUT2D eigenvalue weighted by atomic mass is 32.2. The van der Waals surface area contributed by atoms with Gasteiger partial charge in [-0.25, -0.2) is 4.72 Å². The van der Waals surface area contributed by atoms with E-state index in [1.807, 2.05) is 0 Å². The summed E-state index contributed by atoms with van der Waals surface area (Å²) in [6.45, 7) is 2.07. The molecular formula is C9H12F3NO6S. The summed E-state index contributed by atoms with van der Waals surface area (Å²) < 4.78 is 67.4. The minimum absolute atomic E-state index is 0.0334. The van der Waals surface area contributed by atoms with Crippen molar-refractivity contribution in [3.05, 3.63) is 0 Å². The molecule has 1 unspecified atom stereocenters. The third kappa shape index (κ3) is 4.96. The summed E-state index contributed by atoms with van der Waals surface area (Å²) in [6, 6.07) is 0. The van der Waals surface area contributed by atoms with Gasteiger partial charge in [-0.1, -0.05) is 0 Å². The molecule has 1 N–H and O–H groups in total. The number of esters is 1. The number of hydrogen-bond donors (Lipinski definition) is 1. The highest BCUT2D eigenvalue weighted by Gasteiger charge is 2.47. The van der Waals surface area contributed by atoms with E-state index in [4.69, 9.17) is 9.47 Å². The van der Waals surface area contributed by atoms with E-state index in [2.05, 4.69) is 0 Å². The van der Waals surface area contributed by atoms with Gasteiger partial charge in [0.1, 0.15) is 12.2 Å². The Morgan fingerprint density at radius 1 is 1.35 bits per heavy atom. The molecule has 116 valence electrons. The summed E-state index contributed by atoms with van der Waals surface area (Å²) in [5.74, 6) is -2.27. The van der Waals surface area contributed by atoms with Gasteiger partial charge in [0, 0.05) is 6.42 Å². The van der Waals surface area contributed by atoms with Crippen LogP contribution in [0.1, 0.15) is 19.8 Å². The molecule has 1 aliphatic rings. The largest absolute Gasteiger partial charge is 0.516 e. The first-order valence-electron chi connectivity index (χ1n) is 5.37. The molecule has 7 nitrogen and oxygen atoms in total. The molecule has 1 aliphatic heterocycles. The van der Waals surface area contributed by atoms with Crippen molar-refractivity contribution in [3.8, 4) is 0 Å². The summed E-state index contributed by atoms with van der Waals surface area (Å²) in [6.07, 6.45) is -1.26. The molecule has 0 aliphatic carbocycles. The molecule has 0 saturated carbocycles. The third-order valence-corrected chi connectivity index (χ3v) is 3.39. The number of alkyl halides is 3. The van der Waals surface area contributed by atoms with Crippen molar-refractivity contribution < 1.29 is 40.7 Å². The van der Waals surface area contributed by atoms with Crippen LogP contribution in [0.2, 0.25) is 0 Å². The monoisotopic (exact) mass is 319 g/mol. The Labute approximate surface area is 112 Å². The van der Waals surface area contributed by atoms with Gasteiger partial charge in [0.15, 0.2) is 0 Å². The molecule has 0 aromatic carbocycles. The molecule has 11 heteroatoms. The molecule has 1 amide bonds. The molecule has 1 atom stereocenters. The second-order valence-corrected chi connectivity index (χ2v) is 6.05. The first kappa shape index (κ1) is 16.7. The number of ether oxygens (including phenoxy) is 2. The topological polar surface area (TPSA) is 102 Å². The van der Waals surface area contributed by atoms with E-state index in [-0.39, 0.29) is 6.61 Å². The average Bonchev–Trinajstić information content (AvgIpc) is 3.00. The number of epoxide rings is 1. The molecule has 20 heavy (non-hydrogen) atoms. The maximum atomic E-state index is 11.9. The van der Waals surface area contributed by atoms with Crippen LogP contribution in [0.5, 0.6) is 0 Å². The zero-order chi connectivity index (χ0) is 15.6. The zero-order valence-electron chi connectivity index (χ0n) is 10.3. The molecule has 0 bridgehead atoms. The quantitative estimate of drug-likeness (QED) is 0.549. The molecule has 1 rings (SSSR count). The van der Waals surface area contributed by atoms with Crippen LogP contribution in [-0.4, -0.2) is 44.6 Å². The third-order valence-electron chi connectivity index (χ3n) is 2.28. The van der Waals surface area contributed by atoms with Crippen LogP contribution in [0.25, 0.3) is 0 Å². The van der Waals surface area contributed by atoms with Crippen molar-refractivity contribution in [1.82, 2.24) is 4.72 Å². The predicted molar refractivity (Wildman–Crippen MR) is 57.7 cm³/mol. The Kier molecular flexibility index (Phi) is 4.64. The van der Waals surface area contributed by atoms with Gasteiger partial charge in [-0.2, -0.15) is 21.6 Å². The van der Waals surface area contributed by atoms with E-state index < -0.39 is 45.9 Å². The lowest BCUT2D eigenvalue weighted by molar-refractivity contribution is -0.146. The SMILES string of the molecule is CC1(COC(=O)CCC(=O)NS(=O)(=O)C(F)(F)F)CO1. The van der Waals surface area contributed by atoms with Crippen LogP contribution in [0, 0.1) is 0 Å². The fourth-order valence-corrected chi connectivity index (χ4v) is 1.50. The Bertz CT molecular complexity index is 496. The summed E-state index contributed by atoms with van der Waals surface area (Å²) in [5, 5.41) is 0. The number of carbonyl (C=O) groups is 2. The number of amides is 1. The lowest BCUT2D eigenvalue weighted by atomic mass is 10.2. The van der Waals surface area contributed by atoms with Gasteiger partial charge in [-0.3, -0.25) is 9.59 Å². The molecule has 1 heterocycles. The van der Waals surface area contributed by atoms with E-state index in [0.717, 1.165) is 4.72 Å². The highest BCUT2D eigenvalue weighted by molar-refractivity contribution is 7.90. The van der Waals surface area contributed by atoms with Gasteiger partial charge in [-0.15, -0.1) is 0 Å². The average molecular weight is 319 g/mol. The molecule has 0 spiro atoms. The number of nitrogens with one attached hydrogen (secondary N) is 1. The van der Waals surface area contributed by atoms with Crippen LogP contribution < -0.4 is 4.72 Å². The lowest BCUT2D eigenvalue weighted by Crippen LogP contribution is -2.40. The van der Waals surface area contributed by atoms with Crippen molar-refractivity contribution in [3.63, 3.8) is 0 Å². The minimum atomic E-state index is -5.74. The Balaban J connectivity index is 2.31. The van der Waals surface area contributed by atoms with Gasteiger partial charge in [0.05, 0.1) is 13.0 Å². The number of halogens is 3. The summed E-state index contributed by atoms with van der Waals surface area (Å²) in [7, 11) is -5.74. The zero-order valence-corrected chi connectivity index (χ0v) is 11.1. The van der Waals surface area contributed by atoms with E-state index in [0.29, 0.717) is 6.61 Å². The van der Waals surface area contributed by atoms with E-state index >= 15 is 0 Å². The van der Waals surface area contributed by atoms with Crippen LogP contribution >= 0.6 is 0 Å². The van der Waals surface area contributed by atoms with E-state index in [9.17, 15) is 31.2 Å². The fourth-order valence-electron chi connectivity index (χ4n) is 0.986. The maximum Gasteiger partial charge on any atom is 0.516 e. The summed E-state index contributed by atoms with van der Waals surface area (Å²) in [4.78, 5) is 22.2. The number of carbonyl (C=O) groups excluding carboxylic acids is 2. The first-order chi connectivity index (χ1) is 8.95. The van der Waals surface area contributed by atoms with Gasteiger partial charge >= 0.3 is 21.5 Å². The van der Waals surface area contributed by atoms with Crippen LogP contribution in [0.4, 0.5) is 13.2 Å². The molecule has 0 aromatic heterocycles. The minimum Gasteiger partial charge on any atom is -0.463 e. The van der Waals surface area contributed by atoms with Gasteiger partial charge in [-0.05, 0) is 6.92 Å². The Morgan fingerprint density at radius 3 is 2.35 bits per heavy atom. The van der Waals surface area contributed by atoms with Crippen molar-refractivity contribution >= 4 is 21.9 Å². The Morgan fingerprint density at radius 2 is 1.90 bits per heavy atom. The van der Waals surface area contributed by atoms with Gasteiger partial charge < -0.3 is 9.47 Å². The van der Waals surface area contributed by atoms with Crippen molar-refractivity contribution in [2.45, 2.75) is 30.9 Å². The van der Waals surface area contributed by atoms with E-state index in [1.54, 1.807) is 6.92 Å². The Hall–Kier alpha value is -1.36. The fraction of sp³-hybridized carbons (Fsp3) is 0.778. The molecule has 0 radical (unpaired) electrons. The second-order valence-electron chi connectivity index (χ2n) is 4.37. The molecule has 1 fully saturated rings. The summed E-state index contributed by atoms with van der Waals surface area (Å²) >= 11 is 0. The van der Waals surface area contributed by atoms with Crippen molar-refractivity contribution in [2.75, 3.05) is 13.2 Å². The van der Waals surface area contributed by atoms with Crippen LogP contribution in [0.3, 0.4) is 0 Å². The first-order valence-corrected chi connectivity index (χ1v) is 6.85. The van der Waals surface area contributed by atoms with Gasteiger partial charge in [0.2, 0.25) is 5.91 Å². The second kappa shape index (κ2) is 5.56. The van der Waals surface area contributed by atoms with E-state index in [1.165, 1.54) is 0 Å². The van der Waals surface area contributed by atoms with Crippen molar-refractivity contribution in [1.29, 1.82) is 0 Å². The smallest absolute Gasteiger partial charge is 0.463 e. The lowest BCUT2D eigenvalue weighted by Gasteiger charge is -2.09.